The van der Waals surface area contributed by atoms with E-state index < -0.39 is 17.8 Å². The van der Waals surface area contributed by atoms with E-state index in [1.165, 1.54) is 11.0 Å². The lowest BCUT2D eigenvalue weighted by molar-refractivity contribution is -0.137. The Balaban J connectivity index is 1.66. The molecule has 1 unspecified atom stereocenters. The van der Waals surface area contributed by atoms with Crippen LogP contribution in [0.4, 0.5) is 13.2 Å². The highest BCUT2D eigenvalue weighted by Crippen LogP contribution is 2.32. The molecule has 0 aliphatic rings. The van der Waals surface area contributed by atoms with E-state index in [1.54, 1.807) is 44.3 Å². The number of hydrogen-bond donors (Lipinski definition) is 0. The first kappa shape index (κ1) is 21.5. The molecule has 0 aliphatic carbocycles. The number of carbonyl (C=O) groups excluding carboxylic acids is 1. The normalized spacial score (nSPS) is 12.6. The molecule has 3 aromatic rings. The minimum atomic E-state index is -4.43. The highest BCUT2D eigenvalue weighted by atomic mass is 19.4. The van der Waals surface area contributed by atoms with Gasteiger partial charge in [0.2, 0.25) is 17.6 Å². The van der Waals surface area contributed by atoms with Crippen LogP contribution >= 0.6 is 0 Å². The monoisotopic (exact) mass is 418 g/mol. The zero-order valence-electron chi connectivity index (χ0n) is 16.6. The standard InChI is InChI=1S/C21H21F3N4O2/c1-3-28(14(2)15-7-6-8-16(13-15)21(22,23)24)19(29)11-10-18-26-20(27-30-18)17-9-4-5-12-25-17/h4-9,12-14H,3,10-11H2,1-2H3. The van der Waals surface area contributed by atoms with Crippen molar-refractivity contribution in [2.45, 2.75) is 38.9 Å². The molecule has 158 valence electrons. The van der Waals surface area contributed by atoms with Crippen LogP contribution in [0.5, 0.6) is 0 Å². The van der Waals surface area contributed by atoms with Crippen molar-refractivity contribution in [1.82, 2.24) is 20.0 Å². The quantitative estimate of drug-likeness (QED) is 0.557. The molecule has 0 N–H and O–H groups in total. The Labute approximate surface area is 171 Å². The van der Waals surface area contributed by atoms with E-state index in [0.717, 1.165) is 12.1 Å². The number of aromatic nitrogens is 3. The number of benzene rings is 1. The summed E-state index contributed by atoms with van der Waals surface area (Å²) in [5, 5.41) is 3.86. The first-order valence-electron chi connectivity index (χ1n) is 9.50. The maximum absolute atomic E-state index is 13.0. The van der Waals surface area contributed by atoms with E-state index >= 15 is 0 Å². The predicted molar refractivity (Wildman–Crippen MR) is 103 cm³/mol. The Morgan fingerprint density at radius 1 is 1.20 bits per heavy atom. The third-order valence-corrected chi connectivity index (χ3v) is 4.74. The van der Waals surface area contributed by atoms with Gasteiger partial charge in [-0.3, -0.25) is 9.78 Å². The first-order valence-corrected chi connectivity index (χ1v) is 9.50. The molecule has 0 bridgehead atoms. The van der Waals surface area contributed by atoms with Crippen molar-refractivity contribution < 1.29 is 22.5 Å². The Morgan fingerprint density at radius 3 is 2.67 bits per heavy atom. The molecule has 2 heterocycles. The molecule has 9 heteroatoms. The van der Waals surface area contributed by atoms with Crippen LogP contribution in [-0.2, 0) is 17.4 Å². The molecule has 0 saturated heterocycles. The maximum atomic E-state index is 13.0. The summed E-state index contributed by atoms with van der Waals surface area (Å²) in [6.07, 6.45) is -2.49. The average Bonchev–Trinajstić information content (AvgIpc) is 3.22. The molecule has 0 spiro atoms. The number of aryl methyl sites for hydroxylation is 1. The van der Waals surface area contributed by atoms with Crippen LogP contribution in [0.1, 0.15) is 43.3 Å². The fourth-order valence-electron chi connectivity index (χ4n) is 3.13. The van der Waals surface area contributed by atoms with Gasteiger partial charge in [-0.05, 0) is 43.7 Å². The van der Waals surface area contributed by atoms with Crippen molar-refractivity contribution in [3.05, 3.63) is 65.7 Å². The van der Waals surface area contributed by atoms with Crippen LogP contribution in [0.3, 0.4) is 0 Å². The third kappa shape index (κ3) is 5.03. The van der Waals surface area contributed by atoms with E-state index in [1.807, 2.05) is 0 Å². The van der Waals surface area contributed by atoms with Crippen LogP contribution in [0.2, 0.25) is 0 Å². The van der Waals surface area contributed by atoms with E-state index in [4.69, 9.17) is 4.52 Å². The molecule has 30 heavy (non-hydrogen) atoms. The van der Waals surface area contributed by atoms with Gasteiger partial charge >= 0.3 is 6.18 Å². The molecule has 0 fully saturated rings. The van der Waals surface area contributed by atoms with E-state index in [2.05, 4.69) is 15.1 Å². The number of halogens is 3. The Hall–Kier alpha value is -3.23. The smallest absolute Gasteiger partial charge is 0.339 e. The van der Waals surface area contributed by atoms with Crippen molar-refractivity contribution in [2.24, 2.45) is 0 Å². The molecular weight excluding hydrogens is 397 g/mol. The van der Waals surface area contributed by atoms with Gasteiger partial charge in [0.1, 0.15) is 5.69 Å². The Morgan fingerprint density at radius 2 is 2.00 bits per heavy atom. The summed E-state index contributed by atoms with van der Waals surface area (Å²) in [5.41, 5.74) is 0.255. The second-order valence-electron chi connectivity index (χ2n) is 6.71. The van der Waals surface area contributed by atoms with Crippen molar-refractivity contribution >= 4 is 5.91 Å². The number of rotatable bonds is 7. The molecule has 0 radical (unpaired) electrons. The summed E-state index contributed by atoms with van der Waals surface area (Å²) >= 11 is 0. The SMILES string of the molecule is CCN(C(=O)CCc1nc(-c2ccccn2)no1)C(C)c1cccc(C(F)(F)F)c1. The second-order valence-corrected chi connectivity index (χ2v) is 6.71. The van der Waals surface area contributed by atoms with E-state index in [0.29, 0.717) is 29.5 Å². The highest BCUT2D eigenvalue weighted by Gasteiger charge is 2.31. The number of alkyl halides is 3. The van der Waals surface area contributed by atoms with Crippen molar-refractivity contribution in [2.75, 3.05) is 6.54 Å². The molecule has 1 aromatic carbocycles. The molecule has 1 amide bonds. The lowest BCUT2D eigenvalue weighted by atomic mass is 10.0. The Bertz CT molecular complexity index is 989. The van der Waals surface area contributed by atoms with Gasteiger partial charge in [0.15, 0.2) is 0 Å². The summed E-state index contributed by atoms with van der Waals surface area (Å²) in [6.45, 7) is 3.86. The second kappa shape index (κ2) is 9.06. The van der Waals surface area contributed by atoms with Gasteiger partial charge < -0.3 is 9.42 Å². The summed E-state index contributed by atoms with van der Waals surface area (Å²) in [6, 6.07) is 9.86. The zero-order valence-corrected chi connectivity index (χ0v) is 16.6. The molecule has 0 aliphatic heterocycles. The topological polar surface area (TPSA) is 72.1 Å². The minimum absolute atomic E-state index is 0.0982. The maximum Gasteiger partial charge on any atom is 0.416 e. The Kier molecular flexibility index (Phi) is 6.49. The molecule has 2 aromatic heterocycles. The van der Waals surface area contributed by atoms with Crippen LogP contribution in [0.15, 0.2) is 53.2 Å². The average molecular weight is 418 g/mol. The highest BCUT2D eigenvalue weighted by molar-refractivity contribution is 5.76. The van der Waals surface area contributed by atoms with Crippen molar-refractivity contribution in [3.8, 4) is 11.5 Å². The van der Waals surface area contributed by atoms with Crippen molar-refractivity contribution in [1.29, 1.82) is 0 Å². The van der Waals surface area contributed by atoms with Gasteiger partial charge in [0.25, 0.3) is 0 Å². The number of hydrogen-bond acceptors (Lipinski definition) is 5. The number of carbonyl (C=O) groups is 1. The summed E-state index contributed by atoms with van der Waals surface area (Å²) in [7, 11) is 0. The fraction of sp³-hybridized carbons (Fsp3) is 0.333. The third-order valence-electron chi connectivity index (χ3n) is 4.74. The van der Waals surface area contributed by atoms with Crippen LogP contribution in [0.25, 0.3) is 11.5 Å². The van der Waals surface area contributed by atoms with Crippen LogP contribution in [0, 0.1) is 0 Å². The molecule has 6 nitrogen and oxygen atoms in total. The van der Waals surface area contributed by atoms with Crippen molar-refractivity contribution in [3.63, 3.8) is 0 Å². The zero-order chi connectivity index (χ0) is 21.7. The van der Waals surface area contributed by atoms with Crippen LogP contribution in [-0.4, -0.2) is 32.5 Å². The van der Waals surface area contributed by atoms with Gasteiger partial charge in [0.05, 0.1) is 11.6 Å². The number of pyridine rings is 1. The molecule has 3 rings (SSSR count). The predicted octanol–water partition coefficient (Wildman–Crippen LogP) is 4.69. The summed E-state index contributed by atoms with van der Waals surface area (Å²) < 4.78 is 44.2. The van der Waals surface area contributed by atoms with Crippen LogP contribution < -0.4 is 0 Å². The minimum Gasteiger partial charge on any atom is -0.339 e. The molecule has 0 saturated carbocycles. The first-order chi connectivity index (χ1) is 14.3. The van der Waals surface area contributed by atoms with Gasteiger partial charge in [-0.15, -0.1) is 0 Å². The van der Waals surface area contributed by atoms with Gasteiger partial charge in [-0.1, -0.05) is 23.4 Å². The lowest BCUT2D eigenvalue weighted by Gasteiger charge is -2.29. The van der Waals surface area contributed by atoms with Gasteiger partial charge in [-0.25, -0.2) is 0 Å². The summed E-state index contributed by atoms with van der Waals surface area (Å²) in [4.78, 5) is 22.6. The lowest BCUT2D eigenvalue weighted by Crippen LogP contribution is -2.33. The number of amides is 1. The number of nitrogens with zero attached hydrogens (tertiary/aromatic N) is 4. The van der Waals surface area contributed by atoms with Gasteiger partial charge in [-0.2, -0.15) is 18.2 Å². The molecule has 1 atom stereocenters. The fourth-order valence-corrected chi connectivity index (χ4v) is 3.13. The summed E-state index contributed by atoms with van der Waals surface area (Å²) in [5.74, 6) is 0.425. The van der Waals surface area contributed by atoms with Gasteiger partial charge in [0, 0.05) is 25.6 Å². The molecular formula is C21H21F3N4O2. The van der Waals surface area contributed by atoms with E-state index in [9.17, 15) is 18.0 Å². The largest absolute Gasteiger partial charge is 0.416 e. The van der Waals surface area contributed by atoms with E-state index in [-0.39, 0.29) is 18.7 Å².